The lowest BCUT2D eigenvalue weighted by molar-refractivity contribution is 0.424. The molecule has 0 amide bonds. The van der Waals surface area contributed by atoms with Crippen molar-refractivity contribution in [2.24, 2.45) is 0 Å². The first kappa shape index (κ1) is 13.9. The zero-order chi connectivity index (χ0) is 14.1. The summed E-state index contributed by atoms with van der Waals surface area (Å²) in [4.78, 5) is 0. The van der Waals surface area contributed by atoms with Crippen LogP contribution < -0.4 is 0 Å². The SMILES string of the molecule is C=C/C=C\C(=C/C)C1(C)CC(C)(C)c2ccccc21. The number of allylic oxidation sites excluding steroid dienone is 5. The quantitative estimate of drug-likeness (QED) is 0.639. The fourth-order valence-corrected chi connectivity index (χ4v) is 3.66. The predicted molar refractivity (Wildman–Crippen MR) is 84.5 cm³/mol. The number of hydrogen-bond donors (Lipinski definition) is 0. The first-order valence-corrected chi connectivity index (χ1v) is 7.01. The van der Waals surface area contributed by atoms with E-state index in [0.29, 0.717) is 0 Å². The normalized spacial score (nSPS) is 25.6. The minimum absolute atomic E-state index is 0.106. The maximum Gasteiger partial charge on any atom is 0.0182 e. The second-order valence-corrected chi connectivity index (χ2v) is 6.28. The van der Waals surface area contributed by atoms with Gasteiger partial charge in [-0.2, -0.15) is 0 Å². The van der Waals surface area contributed by atoms with Gasteiger partial charge in [-0.15, -0.1) is 0 Å². The third-order valence-corrected chi connectivity index (χ3v) is 4.41. The van der Waals surface area contributed by atoms with Crippen molar-refractivity contribution in [2.75, 3.05) is 0 Å². The summed E-state index contributed by atoms with van der Waals surface area (Å²) >= 11 is 0. The minimum Gasteiger partial charge on any atom is -0.0991 e. The molecule has 0 aromatic heterocycles. The highest BCUT2D eigenvalue weighted by atomic mass is 14.5. The van der Waals surface area contributed by atoms with Crippen molar-refractivity contribution in [1.29, 1.82) is 0 Å². The molecule has 1 aromatic carbocycles. The molecule has 19 heavy (non-hydrogen) atoms. The van der Waals surface area contributed by atoms with Crippen LogP contribution in [0.25, 0.3) is 0 Å². The average molecular weight is 252 g/mol. The molecular weight excluding hydrogens is 228 g/mol. The van der Waals surface area contributed by atoms with Crippen LogP contribution in [0.5, 0.6) is 0 Å². The molecule has 100 valence electrons. The summed E-state index contributed by atoms with van der Waals surface area (Å²) in [6.07, 6.45) is 9.47. The van der Waals surface area contributed by atoms with Crippen LogP contribution >= 0.6 is 0 Å². The Morgan fingerprint density at radius 2 is 1.79 bits per heavy atom. The van der Waals surface area contributed by atoms with Crippen LogP contribution in [0, 0.1) is 0 Å². The van der Waals surface area contributed by atoms with Crippen molar-refractivity contribution < 1.29 is 0 Å². The van der Waals surface area contributed by atoms with E-state index in [1.807, 2.05) is 12.2 Å². The molecule has 0 N–H and O–H groups in total. The number of fused-ring (bicyclic) bond motifs is 1. The first-order valence-electron chi connectivity index (χ1n) is 7.01. The number of rotatable bonds is 3. The third kappa shape index (κ3) is 2.20. The number of hydrogen-bond acceptors (Lipinski definition) is 0. The number of benzene rings is 1. The van der Waals surface area contributed by atoms with Crippen molar-refractivity contribution in [2.45, 2.75) is 44.9 Å². The van der Waals surface area contributed by atoms with Gasteiger partial charge in [0, 0.05) is 5.41 Å². The van der Waals surface area contributed by atoms with E-state index in [1.54, 1.807) is 0 Å². The molecule has 1 atom stereocenters. The van der Waals surface area contributed by atoms with Crippen LogP contribution in [0.15, 0.2) is 60.7 Å². The fraction of sp³-hybridized carbons (Fsp3) is 0.368. The van der Waals surface area contributed by atoms with E-state index in [9.17, 15) is 0 Å². The Labute approximate surface area is 117 Å². The van der Waals surface area contributed by atoms with Gasteiger partial charge in [0.05, 0.1) is 0 Å². The largest absolute Gasteiger partial charge is 0.0991 e. The van der Waals surface area contributed by atoms with Gasteiger partial charge in [-0.3, -0.25) is 0 Å². The smallest absolute Gasteiger partial charge is 0.0182 e. The molecule has 0 nitrogen and oxygen atoms in total. The van der Waals surface area contributed by atoms with Crippen LogP contribution in [0.1, 0.15) is 45.2 Å². The zero-order valence-electron chi connectivity index (χ0n) is 12.5. The molecule has 1 aromatic rings. The van der Waals surface area contributed by atoms with E-state index in [-0.39, 0.29) is 10.8 Å². The van der Waals surface area contributed by atoms with Crippen molar-refractivity contribution in [3.63, 3.8) is 0 Å². The molecule has 0 bridgehead atoms. The van der Waals surface area contributed by atoms with E-state index in [0.717, 1.165) is 6.42 Å². The standard InChI is InChI=1S/C19H24/c1-6-8-11-15(7-2)19(5)14-18(3,4)16-12-9-10-13-17(16)19/h6-13H,1,14H2,2-5H3/b11-8-,15-7+. The van der Waals surface area contributed by atoms with E-state index in [2.05, 4.69) is 70.7 Å². The Hall–Kier alpha value is -1.56. The average Bonchev–Trinajstić information content (AvgIpc) is 2.59. The van der Waals surface area contributed by atoms with E-state index >= 15 is 0 Å². The van der Waals surface area contributed by atoms with Crippen LogP contribution in [-0.2, 0) is 10.8 Å². The Bertz CT molecular complexity index is 543. The van der Waals surface area contributed by atoms with Gasteiger partial charge in [0.1, 0.15) is 0 Å². The summed E-state index contributed by atoms with van der Waals surface area (Å²) < 4.78 is 0. The molecule has 0 heterocycles. The van der Waals surface area contributed by atoms with E-state index < -0.39 is 0 Å². The van der Waals surface area contributed by atoms with Gasteiger partial charge >= 0.3 is 0 Å². The van der Waals surface area contributed by atoms with Crippen molar-refractivity contribution in [1.82, 2.24) is 0 Å². The highest BCUT2D eigenvalue weighted by Crippen LogP contribution is 2.52. The second-order valence-electron chi connectivity index (χ2n) is 6.28. The van der Waals surface area contributed by atoms with Crippen LogP contribution in [0.3, 0.4) is 0 Å². The highest BCUT2D eigenvalue weighted by molar-refractivity contribution is 5.52. The lowest BCUT2D eigenvalue weighted by Gasteiger charge is -2.29. The zero-order valence-corrected chi connectivity index (χ0v) is 12.5. The van der Waals surface area contributed by atoms with Gasteiger partial charge in [-0.05, 0) is 35.5 Å². The molecule has 1 aliphatic carbocycles. The molecule has 0 radical (unpaired) electrons. The van der Waals surface area contributed by atoms with Gasteiger partial charge in [0.25, 0.3) is 0 Å². The van der Waals surface area contributed by atoms with Crippen LogP contribution in [-0.4, -0.2) is 0 Å². The molecular formula is C19H24. The maximum absolute atomic E-state index is 3.78. The topological polar surface area (TPSA) is 0 Å². The summed E-state index contributed by atoms with van der Waals surface area (Å²) in [6.45, 7) is 13.0. The van der Waals surface area contributed by atoms with Gasteiger partial charge in [0.15, 0.2) is 0 Å². The summed E-state index contributed by atoms with van der Waals surface area (Å²) in [5.74, 6) is 0. The molecule has 0 aliphatic heterocycles. The molecule has 0 saturated heterocycles. The summed E-state index contributed by atoms with van der Waals surface area (Å²) in [5.41, 5.74) is 4.69. The summed E-state index contributed by atoms with van der Waals surface area (Å²) in [6, 6.07) is 8.88. The maximum atomic E-state index is 3.78. The minimum atomic E-state index is 0.106. The Morgan fingerprint density at radius 1 is 1.16 bits per heavy atom. The third-order valence-electron chi connectivity index (χ3n) is 4.41. The second kappa shape index (κ2) is 4.85. The fourth-order valence-electron chi connectivity index (χ4n) is 3.66. The molecule has 0 saturated carbocycles. The van der Waals surface area contributed by atoms with Crippen molar-refractivity contribution in [3.8, 4) is 0 Å². The monoisotopic (exact) mass is 252 g/mol. The van der Waals surface area contributed by atoms with Crippen molar-refractivity contribution in [3.05, 3.63) is 71.8 Å². The predicted octanol–water partition coefficient (Wildman–Crippen LogP) is 5.31. The van der Waals surface area contributed by atoms with Gasteiger partial charge in [0.2, 0.25) is 0 Å². The Balaban J connectivity index is 2.58. The van der Waals surface area contributed by atoms with Crippen LogP contribution in [0.4, 0.5) is 0 Å². The highest BCUT2D eigenvalue weighted by Gasteiger charge is 2.45. The molecule has 2 rings (SSSR count). The molecule has 0 heteroatoms. The van der Waals surface area contributed by atoms with Gasteiger partial charge in [-0.25, -0.2) is 0 Å². The Morgan fingerprint density at radius 3 is 2.37 bits per heavy atom. The summed E-state index contributed by atoms with van der Waals surface area (Å²) in [5, 5.41) is 0. The van der Waals surface area contributed by atoms with E-state index in [4.69, 9.17) is 0 Å². The lowest BCUT2D eigenvalue weighted by Crippen LogP contribution is -2.23. The van der Waals surface area contributed by atoms with Gasteiger partial charge < -0.3 is 0 Å². The first-order chi connectivity index (χ1) is 8.95. The molecule has 1 unspecified atom stereocenters. The van der Waals surface area contributed by atoms with E-state index in [1.165, 1.54) is 16.7 Å². The molecule has 0 fully saturated rings. The van der Waals surface area contributed by atoms with Crippen LogP contribution in [0.2, 0.25) is 0 Å². The summed E-state index contributed by atoms with van der Waals surface area (Å²) in [7, 11) is 0. The molecule has 1 aliphatic rings. The Kier molecular flexibility index (Phi) is 3.54. The van der Waals surface area contributed by atoms with Crippen molar-refractivity contribution >= 4 is 0 Å². The molecule has 0 spiro atoms. The van der Waals surface area contributed by atoms with Gasteiger partial charge in [-0.1, -0.05) is 75.9 Å². The lowest BCUT2D eigenvalue weighted by atomic mass is 9.74.